The Morgan fingerprint density at radius 1 is 1.30 bits per heavy atom. The second-order valence-electron chi connectivity index (χ2n) is 7.88. The Morgan fingerprint density at radius 2 is 2.19 bits per heavy atom. The molecule has 2 unspecified atom stereocenters. The van der Waals surface area contributed by atoms with Gasteiger partial charge in [0.05, 0.1) is 13.2 Å². The molecule has 0 saturated carbocycles. The maximum absolute atomic E-state index is 6.14. The van der Waals surface area contributed by atoms with Crippen molar-refractivity contribution >= 4 is 5.96 Å². The van der Waals surface area contributed by atoms with E-state index in [9.17, 15) is 0 Å². The smallest absolute Gasteiger partial charge is 0.191 e. The van der Waals surface area contributed by atoms with Gasteiger partial charge in [0.25, 0.3) is 0 Å². The normalized spacial score (nSPS) is 23.6. The van der Waals surface area contributed by atoms with Crippen molar-refractivity contribution in [2.75, 3.05) is 53.6 Å². The zero-order chi connectivity index (χ0) is 19.1. The van der Waals surface area contributed by atoms with Gasteiger partial charge in [-0.1, -0.05) is 12.1 Å². The molecular formula is C21H34N4O2. The lowest BCUT2D eigenvalue weighted by Gasteiger charge is -2.18. The number of ether oxygens (including phenoxy) is 2. The van der Waals surface area contributed by atoms with Gasteiger partial charge in [0.1, 0.15) is 5.75 Å². The quantitative estimate of drug-likeness (QED) is 0.565. The Hall–Kier alpha value is -1.79. The van der Waals surface area contributed by atoms with Crippen molar-refractivity contribution in [3.8, 4) is 5.75 Å². The summed E-state index contributed by atoms with van der Waals surface area (Å²) in [6.45, 7) is 8.49. The van der Waals surface area contributed by atoms with E-state index in [-0.39, 0.29) is 0 Å². The van der Waals surface area contributed by atoms with Gasteiger partial charge in [-0.15, -0.1) is 0 Å². The zero-order valence-electron chi connectivity index (χ0n) is 17.0. The molecule has 2 heterocycles. The van der Waals surface area contributed by atoms with E-state index in [0.717, 1.165) is 56.6 Å². The van der Waals surface area contributed by atoms with Crippen LogP contribution in [0.25, 0.3) is 0 Å². The van der Waals surface area contributed by atoms with Crippen LogP contribution in [0.4, 0.5) is 0 Å². The van der Waals surface area contributed by atoms with Crippen molar-refractivity contribution in [1.29, 1.82) is 0 Å². The van der Waals surface area contributed by atoms with Crippen LogP contribution in [0, 0.1) is 18.8 Å². The van der Waals surface area contributed by atoms with Gasteiger partial charge in [0.2, 0.25) is 0 Å². The first-order chi connectivity index (χ1) is 13.1. The number of rotatable bonds is 7. The molecule has 0 aromatic heterocycles. The monoisotopic (exact) mass is 374 g/mol. The number of nitrogens with zero attached hydrogens (tertiary/aromatic N) is 2. The number of hydrogen-bond acceptors (Lipinski definition) is 4. The van der Waals surface area contributed by atoms with Crippen molar-refractivity contribution < 1.29 is 9.47 Å². The Labute approximate surface area is 163 Å². The zero-order valence-corrected chi connectivity index (χ0v) is 17.0. The number of benzene rings is 1. The van der Waals surface area contributed by atoms with Gasteiger partial charge in [-0.2, -0.15) is 0 Å². The lowest BCUT2D eigenvalue weighted by molar-refractivity contribution is 0.166. The predicted octanol–water partition coefficient (Wildman–Crippen LogP) is 2.03. The standard InChI is InChI=1S/C21H34N4O2/c1-16-4-5-19(20(10-16)27-15-18-7-9-26-14-18)12-24-21(22-2)23-11-17-6-8-25(3)13-17/h4-5,10,17-18H,6-9,11-15H2,1-3H3,(H2,22,23,24). The van der Waals surface area contributed by atoms with Crippen LogP contribution in [0.2, 0.25) is 0 Å². The van der Waals surface area contributed by atoms with Crippen molar-refractivity contribution in [3.63, 3.8) is 0 Å². The lowest BCUT2D eigenvalue weighted by atomic mass is 10.1. The highest BCUT2D eigenvalue weighted by Gasteiger charge is 2.19. The molecule has 0 radical (unpaired) electrons. The average Bonchev–Trinajstić information content (AvgIpc) is 3.33. The summed E-state index contributed by atoms with van der Waals surface area (Å²) in [5.74, 6) is 3.01. The molecule has 150 valence electrons. The highest BCUT2D eigenvalue weighted by atomic mass is 16.5. The molecule has 0 amide bonds. The van der Waals surface area contributed by atoms with E-state index >= 15 is 0 Å². The summed E-state index contributed by atoms with van der Waals surface area (Å²) in [6.07, 6.45) is 2.34. The molecule has 2 saturated heterocycles. The molecule has 2 aliphatic heterocycles. The number of nitrogens with one attached hydrogen (secondary N) is 2. The molecule has 0 aliphatic carbocycles. The first-order valence-electron chi connectivity index (χ1n) is 10.1. The Bertz CT molecular complexity index is 629. The molecule has 0 spiro atoms. The van der Waals surface area contributed by atoms with Crippen LogP contribution in [0.15, 0.2) is 23.2 Å². The largest absolute Gasteiger partial charge is 0.493 e. The fourth-order valence-corrected chi connectivity index (χ4v) is 3.70. The molecule has 3 rings (SSSR count). The van der Waals surface area contributed by atoms with Gasteiger partial charge >= 0.3 is 0 Å². The number of guanidine groups is 1. The molecule has 6 nitrogen and oxygen atoms in total. The second-order valence-corrected chi connectivity index (χ2v) is 7.88. The van der Waals surface area contributed by atoms with Gasteiger partial charge < -0.3 is 25.0 Å². The lowest BCUT2D eigenvalue weighted by Crippen LogP contribution is -2.39. The number of likely N-dealkylation sites (tertiary alicyclic amines) is 1. The Kier molecular flexibility index (Phi) is 7.35. The van der Waals surface area contributed by atoms with Gasteiger partial charge in [-0.05, 0) is 50.9 Å². The third-order valence-electron chi connectivity index (χ3n) is 5.44. The summed E-state index contributed by atoms with van der Waals surface area (Å²) in [7, 11) is 4.01. The third kappa shape index (κ3) is 6.11. The molecule has 1 aromatic rings. The highest BCUT2D eigenvalue weighted by molar-refractivity contribution is 5.79. The molecule has 2 atom stereocenters. The molecule has 27 heavy (non-hydrogen) atoms. The fourth-order valence-electron chi connectivity index (χ4n) is 3.70. The molecule has 6 heteroatoms. The van der Waals surface area contributed by atoms with E-state index in [1.807, 2.05) is 7.05 Å². The van der Waals surface area contributed by atoms with Crippen molar-refractivity contribution in [2.45, 2.75) is 26.3 Å². The maximum atomic E-state index is 6.14. The predicted molar refractivity (Wildman–Crippen MR) is 109 cm³/mol. The van der Waals surface area contributed by atoms with Crippen LogP contribution in [0.3, 0.4) is 0 Å². The van der Waals surface area contributed by atoms with Crippen LogP contribution < -0.4 is 15.4 Å². The minimum absolute atomic E-state index is 0.505. The van der Waals surface area contributed by atoms with E-state index < -0.39 is 0 Å². The van der Waals surface area contributed by atoms with Gasteiger partial charge in [-0.25, -0.2) is 0 Å². The van der Waals surface area contributed by atoms with E-state index in [1.165, 1.54) is 18.5 Å². The maximum Gasteiger partial charge on any atom is 0.191 e. The fraction of sp³-hybridized carbons (Fsp3) is 0.667. The average molecular weight is 375 g/mol. The van der Waals surface area contributed by atoms with E-state index in [0.29, 0.717) is 18.4 Å². The molecule has 2 aliphatic rings. The molecule has 1 aromatic carbocycles. The molecule has 0 bridgehead atoms. The summed E-state index contributed by atoms with van der Waals surface area (Å²) in [5.41, 5.74) is 2.37. The van der Waals surface area contributed by atoms with Gasteiger partial charge in [0.15, 0.2) is 5.96 Å². The van der Waals surface area contributed by atoms with Crippen molar-refractivity contribution in [3.05, 3.63) is 29.3 Å². The van der Waals surface area contributed by atoms with Gasteiger partial charge in [-0.3, -0.25) is 4.99 Å². The SMILES string of the molecule is CN=C(NCc1ccc(C)cc1OCC1CCOC1)NCC1CCN(C)C1. The highest BCUT2D eigenvalue weighted by Crippen LogP contribution is 2.22. The first kappa shape index (κ1) is 20.0. The number of aliphatic imine (C=N–C) groups is 1. The molecular weight excluding hydrogens is 340 g/mol. The van der Waals surface area contributed by atoms with E-state index in [4.69, 9.17) is 9.47 Å². The molecule has 2 N–H and O–H groups in total. The summed E-state index contributed by atoms with van der Waals surface area (Å²) < 4.78 is 11.6. The topological polar surface area (TPSA) is 58.1 Å². The summed E-state index contributed by atoms with van der Waals surface area (Å²) in [4.78, 5) is 6.75. The van der Waals surface area contributed by atoms with Crippen LogP contribution in [0.5, 0.6) is 5.75 Å². The Balaban J connectivity index is 1.50. The summed E-state index contributed by atoms with van der Waals surface area (Å²) >= 11 is 0. The minimum atomic E-state index is 0.505. The minimum Gasteiger partial charge on any atom is -0.493 e. The van der Waals surface area contributed by atoms with Crippen LogP contribution in [-0.2, 0) is 11.3 Å². The number of hydrogen-bond donors (Lipinski definition) is 2. The number of aryl methyl sites for hydroxylation is 1. The summed E-state index contributed by atoms with van der Waals surface area (Å²) in [6, 6.07) is 6.40. The first-order valence-corrected chi connectivity index (χ1v) is 10.1. The van der Waals surface area contributed by atoms with E-state index in [1.54, 1.807) is 0 Å². The Morgan fingerprint density at radius 3 is 2.89 bits per heavy atom. The third-order valence-corrected chi connectivity index (χ3v) is 5.44. The summed E-state index contributed by atoms with van der Waals surface area (Å²) in [5, 5.41) is 6.89. The van der Waals surface area contributed by atoms with Crippen molar-refractivity contribution in [1.82, 2.24) is 15.5 Å². The van der Waals surface area contributed by atoms with Crippen molar-refractivity contribution in [2.24, 2.45) is 16.8 Å². The van der Waals surface area contributed by atoms with E-state index in [2.05, 4.69) is 52.7 Å². The van der Waals surface area contributed by atoms with Crippen LogP contribution in [0.1, 0.15) is 24.0 Å². The molecule has 2 fully saturated rings. The van der Waals surface area contributed by atoms with Crippen LogP contribution in [-0.4, -0.2) is 64.4 Å². The second kappa shape index (κ2) is 9.95. The van der Waals surface area contributed by atoms with Gasteiger partial charge in [0, 0.05) is 44.8 Å². The van der Waals surface area contributed by atoms with Crippen LogP contribution >= 0.6 is 0 Å².